The molecule has 7 heteroatoms. The van der Waals surface area contributed by atoms with Crippen LogP contribution in [0.15, 0.2) is 36.4 Å². The number of amides is 1. The highest BCUT2D eigenvalue weighted by molar-refractivity contribution is 7.22. The second-order valence-electron chi connectivity index (χ2n) is 8.34. The zero-order valence-electron chi connectivity index (χ0n) is 17.8. The number of anilines is 1. The summed E-state index contributed by atoms with van der Waals surface area (Å²) in [5, 5.41) is 7.13. The molecule has 1 unspecified atom stereocenters. The maximum absolute atomic E-state index is 13.2. The zero-order valence-corrected chi connectivity index (χ0v) is 18.6. The van der Waals surface area contributed by atoms with Gasteiger partial charge < -0.3 is 10.1 Å². The van der Waals surface area contributed by atoms with E-state index in [1.165, 1.54) is 22.5 Å². The van der Waals surface area contributed by atoms with Gasteiger partial charge in [0.05, 0.1) is 23.4 Å². The van der Waals surface area contributed by atoms with Gasteiger partial charge in [-0.05, 0) is 53.8 Å². The predicted molar refractivity (Wildman–Crippen MR) is 125 cm³/mol. The van der Waals surface area contributed by atoms with Crippen molar-refractivity contribution in [3.8, 4) is 0 Å². The van der Waals surface area contributed by atoms with Gasteiger partial charge in [0.15, 0.2) is 5.13 Å². The number of carbonyl (C=O) groups is 1. The van der Waals surface area contributed by atoms with Gasteiger partial charge in [0.25, 0.3) is 5.91 Å². The Hall–Kier alpha value is -2.32. The average Bonchev–Trinajstić information content (AvgIpc) is 3.21. The van der Waals surface area contributed by atoms with Gasteiger partial charge >= 0.3 is 0 Å². The molecule has 3 heterocycles. The van der Waals surface area contributed by atoms with Gasteiger partial charge in [0, 0.05) is 31.7 Å². The summed E-state index contributed by atoms with van der Waals surface area (Å²) < 4.78 is 6.57. The van der Waals surface area contributed by atoms with Crippen LogP contribution in [0.4, 0.5) is 5.13 Å². The first-order valence-electron chi connectivity index (χ1n) is 11.0. The van der Waals surface area contributed by atoms with Gasteiger partial charge in [-0.15, -0.1) is 0 Å². The van der Waals surface area contributed by atoms with Crippen LogP contribution in [0, 0.1) is 0 Å². The normalized spacial score (nSPS) is 18.0. The predicted octanol–water partition coefficient (Wildman–Crippen LogP) is 3.63. The number of para-hydroxylation sites is 1. The number of hydrogen-bond donors (Lipinski definition) is 2. The molecule has 1 atom stereocenters. The Bertz CT molecular complexity index is 1060. The molecule has 6 nitrogen and oxygen atoms in total. The average molecular weight is 437 g/mol. The van der Waals surface area contributed by atoms with Gasteiger partial charge in [-0.3, -0.25) is 15.0 Å². The van der Waals surface area contributed by atoms with Crippen molar-refractivity contribution in [3.05, 3.63) is 58.7 Å². The maximum atomic E-state index is 13.2. The van der Waals surface area contributed by atoms with Crippen LogP contribution in [0.2, 0.25) is 0 Å². The lowest BCUT2D eigenvalue weighted by Gasteiger charge is -2.31. The fourth-order valence-corrected chi connectivity index (χ4v) is 5.53. The molecule has 1 amide bonds. The Labute approximate surface area is 186 Å². The highest BCUT2D eigenvalue weighted by Crippen LogP contribution is 2.31. The summed E-state index contributed by atoms with van der Waals surface area (Å²) in [4.78, 5) is 20.2. The number of aromatic nitrogens is 1. The number of nitrogens with one attached hydrogen (secondary N) is 2. The summed E-state index contributed by atoms with van der Waals surface area (Å²) in [7, 11) is 0. The van der Waals surface area contributed by atoms with Crippen LogP contribution in [0.1, 0.15) is 39.9 Å². The Morgan fingerprint density at radius 2 is 2.06 bits per heavy atom. The van der Waals surface area contributed by atoms with Gasteiger partial charge in [-0.2, -0.15) is 0 Å². The van der Waals surface area contributed by atoms with Crippen LogP contribution < -0.4 is 10.6 Å². The largest absolute Gasteiger partial charge is 0.379 e. The van der Waals surface area contributed by atoms with Crippen molar-refractivity contribution in [1.82, 2.24) is 15.2 Å². The van der Waals surface area contributed by atoms with E-state index in [9.17, 15) is 4.79 Å². The summed E-state index contributed by atoms with van der Waals surface area (Å²) in [5.41, 5.74) is 5.52. The van der Waals surface area contributed by atoms with Crippen molar-refractivity contribution >= 4 is 32.6 Å². The molecule has 2 N–H and O–H groups in total. The summed E-state index contributed by atoms with van der Waals surface area (Å²) >= 11 is 1.51. The smallest absolute Gasteiger partial charge is 0.257 e. The number of hydrogen-bond acceptors (Lipinski definition) is 6. The van der Waals surface area contributed by atoms with Crippen molar-refractivity contribution in [3.63, 3.8) is 0 Å². The van der Waals surface area contributed by atoms with Gasteiger partial charge in [0.1, 0.15) is 0 Å². The van der Waals surface area contributed by atoms with E-state index in [1.54, 1.807) is 0 Å². The fraction of sp³-hybridized carbons (Fsp3) is 0.417. The lowest BCUT2D eigenvalue weighted by Crippen LogP contribution is -2.38. The van der Waals surface area contributed by atoms with E-state index >= 15 is 0 Å². The third kappa shape index (κ3) is 4.36. The third-order valence-corrected chi connectivity index (χ3v) is 7.20. The molecule has 0 aliphatic carbocycles. The Balaban J connectivity index is 1.39. The van der Waals surface area contributed by atoms with Crippen molar-refractivity contribution in [2.75, 3.05) is 44.7 Å². The molecular weight excluding hydrogens is 408 g/mol. The standard InChI is InChI=1S/C24H28N4O2S/c1-16(15-28-10-12-30-13-11-28)17-6-7-19(20-14-25-9-8-18(17)20)23(29)27-24-26-21-4-2-3-5-22(21)31-24/h2-7,16,25H,8-15H2,1H3,(H,26,27,29). The lowest BCUT2D eigenvalue weighted by molar-refractivity contribution is 0.0357. The molecule has 0 radical (unpaired) electrons. The second kappa shape index (κ2) is 9.04. The van der Waals surface area contributed by atoms with Gasteiger partial charge in [-0.1, -0.05) is 36.5 Å². The van der Waals surface area contributed by atoms with E-state index in [0.717, 1.165) is 73.7 Å². The molecule has 1 aromatic heterocycles. The van der Waals surface area contributed by atoms with Crippen LogP contribution >= 0.6 is 11.3 Å². The Morgan fingerprint density at radius 1 is 1.23 bits per heavy atom. The van der Waals surface area contributed by atoms with Crippen LogP contribution in [0.25, 0.3) is 10.2 Å². The molecule has 162 valence electrons. The SMILES string of the molecule is CC(CN1CCOCC1)c1ccc(C(=O)Nc2nc3ccccc3s2)c2c1CCNC2. The van der Waals surface area contributed by atoms with E-state index in [4.69, 9.17) is 4.74 Å². The molecule has 5 rings (SSSR count). The first kappa shape index (κ1) is 20.6. The highest BCUT2D eigenvalue weighted by atomic mass is 32.1. The van der Waals surface area contributed by atoms with E-state index in [2.05, 4.69) is 33.5 Å². The van der Waals surface area contributed by atoms with Crippen LogP contribution in [0.3, 0.4) is 0 Å². The summed E-state index contributed by atoms with van der Waals surface area (Å²) in [6.45, 7) is 8.64. The molecule has 3 aromatic rings. The molecule has 0 saturated carbocycles. The molecule has 0 spiro atoms. The molecular formula is C24H28N4O2S. The minimum absolute atomic E-state index is 0.0774. The monoisotopic (exact) mass is 436 g/mol. The van der Waals surface area contributed by atoms with Crippen molar-refractivity contribution in [2.24, 2.45) is 0 Å². The highest BCUT2D eigenvalue weighted by Gasteiger charge is 2.24. The molecule has 1 saturated heterocycles. The van der Waals surface area contributed by atoms with Crippen LogP contribution in [-0.4, -0.2) is 55.2 Å². The van der Waals surface area contributed by atoms with E-state index in [-0.39, 0.29) is 5.91 Å². The lowest BCUT2D eigenvalue weighted by atomic mass is 9.85. The molecule has 2 aromatic carbocycles. The van der Waals surface area contributed by atoms with E-state index < -0.39 is 0 Å². The Morgan fingerprint density at radius 3 is 2.90 bits per heavy atom. The Kier molecular flexibility index (Phi) is 6.00. The number of rotatable bonds is 5. The number of morpholine rings is 1. The van der Waals surface area contributed by atoms with Gasteiger partial charge in [-0.25, -0.2) is 4.98 Å². The van der Waals surface area contributed by atoms with Crippen molar-refractivity contribution in [1.29, 1.82) is 0 Å². The first-order valence-corrected chi connectivity index (χ1v) is 11.8. The number of fused-ring (bicyclic) bond motifs is 2. The summed E-state index contributed by atoms with van der Waals surface area (Å²) in [6, 6.07) is 12.1. The number of benzene rings is 2. The molecule has 1 fully saturated rings. The van der Waals surface area contributed by atoms with E-state index in [0.29, 0.717) is 11.0 Å². The van der Waals surface area contributed by atoms with E-state index in [1.807, 2.05) is 30.3 Å². The second-order valence-corrected chi connectivity index (χ2v) is 9.37. The third-order valence-electron chi connectivity index (χ3n) is 6.25. The topological polar surface area (TPSA) is 66.5 Å². The van der Waals surface area contributed by atoms with Crippen molar-refractivity contribution in [2.45, 2.75) is 25.8 Å². The van der Waals surface area contributed by atoms with Crippen LogP contribution in [0.5, 0.6) is 0 Å². The van der Waals surface area contributed by atoms with Gasteiger partial charge in [0.2, 0.25) is 0 Å². The fourth-order valence-electron chi connectivity index (χ4n) is 4.67. The summed E-state index contributed by atoms with van der Waals surface area (Å²) in [5.74, 6) is 0.345. The van der Waals surface area contributed by atoms with Crippen LogP contribution in [-0.2, 0) is 17.7 Å². The number of carbonyl (C=O) groups excluding carboxylic acids is 1. The minimum atomic E-state index is -0.0774. The van der Waals surface area contributed by atoms with Crippen molar-refractivity contribution < 1.29 is 9.53 Å². The first-order chi connectivity index (χ1) is 15.2. The minimum Gasteiger partial charge on any atom is -0.379 e. The number of thiazole rings is 1. The molecule has 0 bridgehead atoms. The molecule has 2 aliphatic heterocycles. The number of nitrogens with zero attached hydrogens (tertiary/aromatic N) is 2. The summed E-state index contributed by atoms with van der Waals surface area (Å²) in [6.07, 6.45) is 0.959. The maximum Gasteiger partial charge on any atom is 0.257 e. The number of ether oxygens (including phenoxy) is 1. The molecule has 31 heavy (non-hydrogen) atoms. The molecule has 2 aliphatic rings. The quantitative estimate of drug-likeness (QED) is 0.639. The zero-order chi connectivity index (χ0) is 21.2.